The molecule has 1 atom stereocenters. The molecule has 4 rings (SSSR count). The molecule has 1 unspecified atom stereocenters. The summed E-state index contributed by atoms with van der Waals surface area (Å²) in [5, 5.41) is 7.85. The molecule has 1 aliphatic heterocycles. The summed E-state index contributed by atoms with van der Waals surface area (Å²) < 4.78 is 80.5. The lowest BCUT2D eigenvalue weighted by Crippen LogP contribution is -2.41. The molecule has 2 aromatic carbocycles. The molecular weight excluding hydrogens is 482 g/mol. The number of carboxylic acids is 1. The summed E-state index contributed by atoms with van der Waals surface area (Å²) >= 11 is 1.34. The van der Waals surface area contributed by atoms with Gasteiger partial charge in [-0.05, 0) is 18.2 Å². The fourth-order valence-corrected chi connectivity index (χ4v) is 5.39. The van der Waals surface area contributed by atoms with Crippen LogP contribution in [0.25, 0.3) is 10.2 Å². The van der Waals surface area contributed by atoms with Crippen LogP contribution in [0.3, 0.4) is 0 Å². The Labute approximate surface area is 183 Å². The largest absolute Gasteiger partial charge is 0.481 e. The fourth-order valence-electron chi connectivity index (χ4n) is 3.19. The van der Waals surface area contributed by atoms with Gasteiger partial charge in [0.05, 0.1) is 34.2 Å². The number of aromatic nitrogens is 1. The molecule has 168 valence electrons. The molecule has 5 nitrogen and oxygen atoms in total. The molecule has 0 saturated carbocycles. The van der Waals surface area contributed by atoms with Gasteiger partial charge in [0, 0.05) is 11.0 Å². The number of aliphatic carboxylic acids is 1. The maximum Gasteiger partial charge on any atom is 0.416 e. The first kappa shape index (κ1) is 22.4. The number of carbonyl (C=O) groups is 2. The third kappa shape index (κ3) is 4.01. The van der Waals surface area contributed by atoms with Crippen LogP contribution in [0.15, 0.2) is 29.2 Å². The predicted octanol–water partition coefficient (Wildman–Crippen LogP) is 5.21. The van der Waals surface area contributed by atoms with E-state index in [9.17, 15) is 35.9 Å². The molecule has 0 bridgehead atoms. The van der Waals surface area contributed by atoms with Crippen molar-refractivity contribution < 1.29 is 41.0 Å². The van der Waals surface area contributed by atoms with Gasteiger partial charge in [0.2, 0.25) is 5.91 Å². The average molecular weight is 492 g/mol. The molecule has 1 aliphatic rings. The summed E-state index contributed by atoms with van der Waals surface area (Å²) in [6.45, 7) is -0.395. The standard InChI is InChI=1S/C19H10F6N2O3S2/c20-8-4-9(21)17-16(15(8)22)26-13(32-17)6-27-10-2-1-7(19(23,24)25)3-11(10)31-12(18(27)30)5-14(28)29/h1-4,12H,5-6H2,(H,28,29). The number of anilines is 1. The summed E-state index contributed by atoms with van der Waals surface area (Å²) in [4.78, 5) is 28.9. The van der Waals surface area contributed by atoms with E-state index >= 15 is 0 Å². The van der Waals surface area contributed by atoms with Gasteiger partial charge in [-0.1, -0.05) is 0 Å². The van der Waals surface area contributed by atoms with Gasteiger partial charge in [-0.3, -0.25) is 9.59 Å². The molecule has 1 N–H and O–H groups in total. The number of alkyl halides is 3. The molecule has 1 aromatic heterocycles. The summed E-state index contributed by atoms with van der Waals surface area (Å²) in [5.41, 5.74) is -1.48. The first-order valence-electron chi connectivity index (χ1n) is 8.79. The van der Waals surface area contributed by atoms with E-state index in [1.807, 2.05) is 0 Å². The molecule has 0 spiro atoms. The molecular formula is C19H10F6N2O3S2. The lowest BCUT2D eigenvalue weighted by Gasteiger charge is -2.33. The van der Waals surface area contributed by atoms with E-state index in [4.69, 9.17) is 5.11 Å². The Morgan fingerprint density at radius 2 is 1.88 bits per heavy atom. The average Bonchev–Trinajstić information content (AvgIpc) is 3.12. The highest BCUT2D eigenvalue weighted by Crippen LogP contribution is 2.44. The number of benzene rings is 2. The van der Waals surface area contributed by atoms with Crippen molar-refractivity contribution in [1.29, 1.82) is 0 Å². The smallest absolute Gasteiger partial charge is 0.416 e. The number of thioether (sulfide) groups is 1. The van der Waals surface area contributed by atoms with Gasteiger partial charge in [-0.2, -0.15) is 13.2 Å². The number of halogens is 6. The van der Waals surface area contributed by atoms with E-state index in [0.717, 1.165) is 23.1 Å². The molecule has 2 heterocycles. The number of carbonyl (C=O) groups excluding carboxylic acids is 1. The van der Waals surface area contributed by atoms with E-state index in [1.165, 1.54) is 0 Å². The topological polar surface area (TPSA) is 70.5 Å². The maximum atomic E-state index is 14.0. The molecule has 1 amide bonds. The van der Waals surface area contributed by atoms with E-state index in [0.29, 0.717) is 29.2 Å². The van der Waals surface area contributed by atoms with Gasteiger partial charge < -0.3 is 10.0 Å². The minimum absolute atomic E-state index is 0.0106. The van der Waals surface area contributed by atoms with Crippen LogP contribution >= 0.6 is 23.1 Å². The van der Waals surface area contributed by atoms with Crippen LogP contribution in [-0.4, -0.2) is 27.2 Å². The molecule has 0 aliphatic carbocycles. The second-order valence-corrected chi connectivity index (χ2v) is 9.08. The number of hydrogen-bond donors (Lipinski definition) is 1. The fraction of sp³-hybridized carbons (Fsp3) is 0.211. The summed E-state index contributed by atoms with van der Waals surface area (Å²) in [5.74, 6) is -5.91. The van der Waals surface area contributed by atoms with Crippen molar-refractivity contribution >= 4 is 50.9 Å². The minimum Gasteiger partial charge on any atom is -0.481 e. The first-order chi connectivity index (χ1) is 15.0. The maximum absolute atomic E-state index is 14.0. The molecule has 0 radical (unpaired) electrons. The van der Waals surface area contributed by atoms with Crippen molar-refractivity contribution in [3.63, 3.8) is 0 Å². The number of rotatable bonds is 4. The highest BCUT2D eigenvalue weighted by atomic mass is 32.2. The summed E-state index contributed by atoms with van der Waals surface area (Å²) in [6, 6.07) is 3.00. The Hall–Kier alpha value is -2.80. The lowest BCUT2D eigenvalue weighted by atomic mass is 10.1. The van der Waals surface area contributed by atoms with Crippen molar-refractivity contribution in [3.05, 3.63) is 52.3 Å². The second-order valence-electron chi connectivity index (χ2n) is 6.75. The Balaban J connectivity index is 1.78. The zero-order valence-corrected chi connectivity index (χ0v) is 17.2. The van der Waals surface area contributed by atoms with E-state index in [-0.39, 0.29) is 20.3 Å². The van der Waals surface area contributed by atoms with Crippen molar-refractivity contribution in [2.45, 2.75) is 29.3 Å². The number of carboxylic acid groups (broad SMARTS) is 1. The van der Waals surface area contributed by atoms with Crippen LogP contribution in [0.2, 0.25) is 0 Å². The zero-order chi connectivity index (χ0) is 23.4. The van der Waals surface area contributed by atoms with Gasteiger partial charge in [-0.15, -0.1) is 23.1 Å². The number of hydrogen-bond acceptors (Lipinski definition) is 5. The van der Waals surface area contributed by atoms with Crippen molar-refractivity contribution in [1.82, 2.24) is 4.98 Å². The van der Waals surface area contributed by atoms with Gasteiger partial charge in [0.25, 0.3) is 0 Å². The van der Waals surface area contributed by atoms with Crippen LogP contribution in [0.4, 0.5) is 32.0 Å². The van der Waals surface area contributed by atoms with Crippen LogP contribution in [-0.2, 0) is 22.3 Å². The SMILES string of the molecule is O=C(O)CC1Sc2cc(C(F)(F)F)ccc2N(Cc2nc3c(F)c(F)cc(F)c3s2)C1=O. The highest BCUT2D eigenvalue weighted by molar-refractivity contribution is 8.01. The van der Waals surface area contributed by atoms with Gasteiger partial charge in [-0.25, -0.2) is 18.2 Å². The normalized spacial score (nSPS) is 16.5. The number of amides is 1. The van der Waals surface area contributed by atoms with E-state index in [2.05, 4.69) is 4.98 Å². The van der Waals surface area contributed by atoms with Crippen molar-refractivity contribution in [2.75, 3.05) is 4.90 Å². The minimum atomic E-state index is -4.66. The molecule has 13 heteroatoms. The molecule has 32 heavy (non-hydrogen) atoms. The van der Waals surface area contributed by atoms with Gasteiger partial charge >= 0.3 is 12.1 Å². The quantitative estimate of drug-likeness (QED) is 0.400. The summed E-state index contributed by atoms with van der Waals surface area (Å²) in [7, 11) is 0. The molecule has 0 fully saturated rings. The predicted molar refractivity (Wildman–Crippen MR) is 104 cm³/mol. The van der Waals surface area contributed by atoms with Crippen molar-refractivity contribution in [2.24, 2.45) is 0 Å². The van der Waals surface area contributed by atoms with Crippen LogP contribution in [0.1, 0.15) is 17.0 Å². The highest BCUT2D eigenvalue weighted by Gasteiger charge is 2.38. The summed E-state index contributed by atoms with van der Waals surface area (Å²) in [6.07, 6.45) is -5.31. The van der Waals surface area contributed by atoms with Crippen LogP contribution in [0, 0.1) is 17.5 Å². The van der Waals surface area contributed by atoms with E-state index < -0.39 is 64.8 Å². The van der Waals surface area contributed by atoms with Gasteiger partial charge in [0.1, 0.15) is 16.3 Å². The number of fused-ring (bicyclic) bond motifs is 2. The Bertz CT molecular complexity index is 1260. The van der Waals surface area contributed by atoms with Crippen LogP contribution in [0.5, 0.6) is 0 Å². The number of thiazole rings is 1. The van der Waals surface area contributed by atoms with Crippen molar-refractivity contribution in [3.8, 4) is 0 Å². The molecule has 3 aromatic rings. The Kier molecular flexibility index (Phi) is 5.57. The first-order valence-corrected chi connectivity index (χ1v) is 10.5. The number of nitrogens with zero attached hydrogens (tertiary/aromatic N) is 2. The monoisotopic (exact) mass is 492 g/mol. The Morgan fingerprint density at radius 3 is 2.53 bits per heavy atom. The third-order valence-electron chi connectivity index (χ3n) is 4.60. The molecule has 0 saturated heterocycles. The van der Waals surface area contributed by atoms with Gasteiger partial charge in [0.15, 0.2) is 11.6 Å². The zero-order valence-electron chi connectivity index (χ0n) is 15.5. The van der Waals surface area contributed by atoms with E-state index in [1.54, 1.807) is 0 Å². The second kappa shape index (κ2) is 7.96. The Morgan fingerprint density at radius 1 is 1.16 bits per heavy atom. The third-order valence-corrected chi connectivity index (χ3v) is 6.88. The lowest BCUT2D eigenvalue weighted by molar-refractivity contribution is -0.139. The van der Waals surface area contributed by atoms with Crippen LogP contribution < -0.4 is 4.90 Å².